The summed E-state index contributed by atoms with van der Waals surface area (Å²) >= 11 is 0. The molecule has 0 aromatic heterocycles. The first-order valence-corrected chi connectivity index (χ1v) is 11.5. The van der Waals surface area contributed by atoms with Crippen molar-refractivity contribution in [2.45, 2.75) is 17.9 Å². The van der Waals surface area contributed by atoms with E-state index in [0.717, 1.165) is 5.56 Å². The predicted molar refractivity (Wildman–Crippen MR) is 118 cm³/mol. The summed E-state index contributed by atoms with van der Waals surface area (Å²) < 4.78 is 48.7. The second-order valence-electron chi connectivity index (χ2n) is 7.19. The molecule has 1 saturated heterocycles. The number of carbonyl (C=O) groups excluding carboxylic acids is 1. The zero-order valence-electron chi connectivity index (χ0n) is 18.6. The summed E-state index contributed by atoms with van der Waals surface area (Å²) in [6.45, 7) is 2.97. The molecule has 9 nitrogen and oxygen atoms in total. The van der Waals surface area contributed by atoms with Gasteiger partial charge in [0.1, 0.15) is 10.6 Å². The number of morpholine rings is 1. The van der Waals surface area contributed by atoms with E-state index in [4.69, 9.17) is 18.9 Å². The van der Waals surface area contributed by atoms with Gasteiger partial charge in [-0.15, -0.1) is 0 Å². The number of hydrogen-bond donors (Lipinski definition) is 1. The highest BCUT2D eigenvalue weighted by Crippen LogP contribution is 2.31. The molecule has 1 aliphatic heterocycles. The number of carbonyl (C=O) groups is 1. The van der Waals surface area contributed by atoms with E-state index in [9.17, 15) is 13.2 Å². The minimum atomic E-state index is -3.84. The zero-order valence-corrected chi connectivity index (χ0v) is 19.4. The van der Waals surface area contributed by atoms with E-state index in [1.165, 1.54) is 29.6 Å². The number of nitrogens with zero attached hydrogens (tertiary/aromatic N) is 1. The monoisotopic (exact) mass is 464 g/mol. The highest BCUT2D eigenvalue weighted by molar-refractivity contribution is 7.89. The smallest absolute Gasteiger partial charge is 0.251 e. The van der Waals surface area contributed by atoms with Crippen molar-refractivity contribution >= 4 is 15.9 Å². The van der Waals surface area contributed by atoms with Crippen LogP contribution in [0.4, 0.5) is 0 Å². The van der Waals surface area contributed by atoms with Crippen LogP contribution in [0.5, 0.6) is 17.2 Å². The Hall–Kier alpha value is -2.82. The quantitative estimate of drug-likeness (QED) is 0.639. The van der Waals surface area contributed by atoms with Gasteiger partial charge in [0, 0.05) is 18.7 Å². The summed E-state index contributed by atoms with van der Waals surface area (Å²) in [5.41, 5.74) is 1.02. The maximum atomic E-state index is 13.1. The Balaban J connectivity index is 1.85. The summed E-state index contributed by atoms with van der Waals surface area (Å²) in [7, 11) is 0.646. The Kier molecular flexibility index (Phi) is 7.60. The maximum Gasteiger partial charge on any atom is 0.251 e. The number of sulfonamides is 1. The van der Waals surface area contributed by atoms with Crippen molar-refractivity contribution in [3.8, 4) is 17.2 Å². The van der Waals surface area contributed by atoms with Crippen LogP contribution in [0.3, 0.4) is 0 Å². The average molecular weight is 465 g/mol. The lowest BCUT2D eigenvalue weighted by Gasteiger charge is -2.26. The second kappa shape index (κ2) is 10.2. The summed E-state index contributed by atoms with van der Waals surface area (Å²) in [4.78, 5) is 12.9. The van der Waals surface area contributed by atoms with Crippen molar-refractivity contribution in [1.29, 1.82) is 0 Å². The average Bonchev–Trinajstić information content (AvgIpc) is 2.83. The van der Waals surface area contributed by atoms with Crippen LogP contribution in [0, 0.1) is 0 Å². The Bertz CT molecular complexity index is 1070. The van der Waals surface area contributed by atoms with Crippen LogP contribution >= 0.6 is 0 Å². The predicted octanol–water partition coefficient (Wildman–Crippen LogP) is 2.22. The molecule has 1 N–H and O–H groups in total. The molecular weight excluding hydrogens is 436 g/mol. The van der Waals surface area contributed by atoms with Gasteiger partial charge in [0.15, 0.2) is 11.5 Å². The second-order valence-corrected chi connectivity index (χ2v) is 9.10. The largest absolute Gasteiger partial charge is 0.495 e. The summed E-state index contributed by atoms with van der Waals surface area (Å²) in [5, 5.41) is 2.89. The molecule has 0 bridgehead atoms. The van der Waals surface area contributed by atoms with E-state index in [1.54, 1.807) is 26.4 Å². The van der Waals surface area contributed by atoms with Crippen molar-refractivity contribution < 1.29 is 32.2 Å². The van der Waals surface area contributed by atoms with Crippen LogP contribution in [-0.4, -0.2) is 66.3 Å². The van der Waals surface area contributed by atoms with Crippen LogP contribution < -0.4 is 19.5 Å². The third-order valence-corrected chi connectivity index (χ3v) is 7.19. The molecule has 32 heavy (non-hydrogen) atoms. The van der Waals surface area contributed by atoms with Crippen molar-refractivity contribution in [2.24, 2.45) is 0 Å². The molecular formula is C22H28N2O7S. The van der Waals surface area contributed by atoms with Crippen LogP contribution in [0.15, 0.2) is 41.3 Å². The van der Waals surface area contributed by atoms with Crippen LogP contribution in [0.2, 0.25) is 0 Å². The summed E-state index contributed by atoms with van der Waals surface area (Å²) in [6.07, 6.45) is 0. The van der Waals surface area contributed by atoms with Gasteiger partial charge in [-0.05, 0) is 42.8 Å². The molecule has 2 aromatic rings. The number of hydrogen-bond acceptors (Lipinski definition) is 7. The third kappa shape index (κ3) is 4.98. The topological polar surface area (TPSA) is 103 Å². The molecule has 1 heterocycles. The van der Waals surface area contributed by atoms with Gasteiger partial charge in [0.05, 0.1) is 40.6 Å². The molecule has 0 saturated carbocycles. The lowest BCUT2D eigenvalue weighted by molar-refractivity contribution is 0.0729. The van der Waals surface area contributed by atoms with Crippen molar-refractivity contribution in [1.82, 2.24) is 9.62 Å². The van der Waals surface area contributed by atoms with E-state index in [1.807, 2.05) is 13.0 Å². The molecule has 1 aliphatic rings. The molecule has 174 valence electrons. The van der Waals surface area contributed by atoms with E-state index >= 15 is 0 Å². The number of rotatable bonds is 8. The highest BCUT2D eigenvalue weighted by atomic mass is 32.2. The molecule has 0 spiro atoms. The van der Waals surface area contributed by atoms with Gasteiger partial charge < -0.3 is 24.3 Å². The first-order chi connectivity index (χ1) is 15.3. The molecule has 1 unspecified atom stereocenters. The van der Waals surface area contributed by atoms with Crippen molar-refractivity contribution in [3.63, 3.8) is 0 Å². The molecule has 0 aliphatic carbocycles. The minimum Gasteiger partial charge on any atom is -0.495 e. The van der Waals surface area contributed by atoms with Crippen LogP contribution in [0.25, 0.3) is 0 Å². The lowest BCUT2D eigenvalue weighted by Crippen LogP contribution is -2.40. The van der Waals surface area contributed by atoms with Crippen LogP contribution in [0.1, 0.15) is 28.9 Å². The van der Waals surface area contributed by atoms with E-state index in [0.29, 0.717) is 24.7 Å². The number of nitrogens with one attached hydrogen (secondary N) is 1. The van der Waals surface area contributed by atoms with Crippen molar-refractivity contribution in [2.75, 3.05) is 47.6 Å². The zero-order chi connectivity index (χ0) is 23.3. The Labute approximate surface area is 188 Å². The van der Waals surface area contributed by atoms with E-state index in [2.05, 4.69) is 5.32 Å². The Morgan fingerprint density at radius 1 is 0.969 bits per heavy atom. The molecule has 2 aromatic carbocycles. The molecule has 1 amide bonds. The lowest BCUT2D eigenvalue weighted by atomic mass is 10.1. The van der Waals surface area contributed by atoms with Gasteiger partial charge in [-0.3, -0.25) is 4.79 Å². The molecule has 1 atom stereocenters. The fraction of sp³-hybridized carbons (Fsp3) is 0.409. The highest BCUT2D eigenvalue weighted by Gasteiger charge is 2.30. The number of amides is 1. The summed E-state index contributed by atoms with van der Waals surface area (Å²) in [6, 6.07) is 9.39. The standard InChI is InChI=1S/C22H28N2O7S/c1-15(16-5-7-18(28-2)20(13-16)30-4)23-22(25)17-6-8-19(29-3)21(14-17)32(26,27)24-9-11-31-12-10-24/h5-8,13-15H,9-12H2,1-4H3,(H,23,25). The van der Waals surface area contributed by atoms with Gasteiger partial charge in [0.2, 0.25) is 10.0 Å². The minimum absolute atomic E-state index is 0.0479. The number of benzene rings is 2. The van der Waals surface area contributed by atoms with Crippen LogP contribution in [-0.2, 0) is 14.8 Å². The first-order valence-electron chi connectivity index (χ1n) is 10.1. The Morgan fingerprint density at radius 2 is 1.59 bits per heavy atom. The fourth-order valence-electron chi connectivity index (χ4n) is 3.43. The SMILES string of the molecule is COc1ccc(C(C)NC(=O)c2ccc(OC)c(S(=O)(=O)N3CCOCC3)c2)cc1OC. The Morgan fingerprint density at radius 3 is 2.22 bits per heavy atom. The van der Waals surface area contributed by atoms with Crippen molar-refractivity contribution in [3.05, 3.63) is 47.5 Å². The van der Waals surface area contributed by atoms with Gasteiger partial charge in [-0.2, -0.15) is 4.31 Å². The molecule has 0 radical (unpaired) electrons. The van der Waals surface area contributed by atoms with Gasteiger partial charge in [-0.25, -0.2) is 8.42 Å². The third-order valence-electron chi connectivity index (χ3n) is 5.27. The molecule has 3 rings (SSSR count). The first kappa shape index (κ1) is 23.8. The maximum absolute atomic E-state index is 13.1. The van der Waals surface area contributed by atoms with Gasteiger partial charge in [-0.1, -0.05) is 6.07 Å². The van der Waals surface area contributed by atoms with E-state index in [-0.39, 0.29) is 35.3 Å². The normalized spacial score (nSPS) is 15.6. The molecule has 10 heteroatoms. The fourth-order valence-corrected chi connectivity index (χ4v) is 5.02. The van der Waals surface area contributed by atoms with E-state index < -0.39 is 15.9 Å². The summed E-state index contributed by atoms with van der Waals surface area (Å²) in [5.74, 6) is 0.909. The number of ether oxygens (including phenoxy) is 4. The molecule has 1 fully saturated rings. The van der Waals surface area contributed by atoms with Gasteiger partial charge in [0.25, 0.3) is 5.91 Å². The van der Waals surface area contributed by atoms with Gasteiger partial charge >= 0.3 is 0 Å². The number of methoxy groups -OCH3 is 3.